The van der Waals surface area contributed by atoms with Gasteiger partial charge in [-0.1, -0.05) is 60.2 Å². The number of benzene rings is 2. The van der Waals surface area contributed by atoms with E-state index in [0.717, 1.165) is 26.1 Å². The van der Waals surface area contributed by atoms with E-state index in [1.807, 2.05) is 6.21 Å². The molecule has 1 unspecified atom stereocenters. The van der Waals surface area contributed by atoms with Gasteiger partial charge in [-0.05, 0) is 24.5 Å². The maximum absolute atomic E-state index is 4.76. The first-order valence-corrected chi connectivity index (χ1v) is 7.66. The third kappa shape index (κ3) is 4.02. The summed E-state index contributed by atoms with van der Waals surface area (Å²) in [6.07, 6.45) is 3.19. The number of hydrogen-bond donors (Lipinski definition) is 0. The quantitative estimate of drug-likeness (QED) is 0.779. The van der Waals surface area contributed by atoms with E-state index in [4.69, 9.17) is 4.99 Å². The highest BCUT2D eigenvalue weighted by Crippen LogP contribution is 2.16. The molecule has 21 heavy (non-hydrogen) atoms. The zero-order chi connectivity index (χ0) is 14.5. The van der Waals surface area contributed by atoms with E-state index in [0.29, 0.717) is 6.04 Å². The molecule has 2 heteroatoms. The Bertz CT molecular complexity index is 604. The van der Waals surface area contributed by atoms with Crippen molar-refractivity contribution in [3.63, 3.8) is 0 Å². The average Bonchev–Trinajstić information content (AvgIpc) is 2.94. The molecule has 0 aromatic heterocycles. The predicted octanol–water partition coefficient (Wildman–Crippen LogP) is 3.69. The Morgan fingerprint density at radius 3 is 2.81 bits per heavy atom. The third-order valence-corrected chi connectivity index (χ3v) is 3.97. The average molecular weight is 278 g/mol. The summed E-state index contributed by atoms with van der Waals surface area (Å²) >= 11 is 0. The van der Waals surface area contributed by atoms with Crippen molar-refractivity contribution in [3.05, 3.63) is 71.3 Å². The summed E-state index contributed by atoms with van der Waals surface area (Å²) in [5.41, 5.74) is 3.88. The molecule has 2 aromatic carbocycles. The van der Waals surface area contributed by atoms with Crippen LogP contribution in [0.15, 0.2) is 59.6 Å². The van der Waals surface area contributed by atoms with Crippen LogP contribution in [0.3, 0.4) is 0 Å². The molecule has 0 bridgehead atoms. The van der Waals surface area contributed by atoms with E-state index in [9.17, 15) is 0 Å². The summed E-state index contributed by atoms with van der Waals surface area (Å²) in [7, 11) is 0. The van der Waals surface area contributed by atoms with E-state index in [-0.39, 0.29) is 0 Å². The molecule has 0 spiro atoms. The largest absolute Gasteiger partial charge is 0.297 e. The Balaban J connectivity index is 1.55. The molecule has 1 fully saturated rings. The number of rotatable bonds is 4. The zero-order valence-electron chi connectivity index (χ0n) is 12.6. The molecule has 0 saturated carbocycles. The van der Waals surface area contributed by atoms with Crippen LogP contribution < -0.4 is 0 Å². The minimum atomic E-state index is 0.439. The molecule has 0 amide bonds. The molecular weight excluding hydrogens is 256 g/mol. The lowest BCUT2D eigenvalue weighted by Gasteiger charge is -2.14. The first kappa shape index (κ1) is 14.0. The summed E-state index contributed by atoms with van der Waals surface area (Å²) in [4.78, 5) is 7.25. The summed E-state index contributed by atoms with van der Waals surface area (Å²) in [6.45, 7) is 5.37. The third-order valence-electron chi connectivity index (χ3n) is 3.97. The van der Waals surface area contributed by atoms with E-state index in [1.165, 1.54) is 16.7 Å². The molecule has 0 aliphatic carbocycles. The fourth-order valence-electron chi connectivity index (χ4n) is 2.86. The highest BCUT2D eigenvalue weighted by molar-refractivity contribution is 5.79. The second-order valence-corrected chi connectivity index (χ2v) is 5.86. The monoisotopic (exact) mass is 278 g/mol. The van der Waals surface area contributed by atoms with Crippen LogP contribution >= 0.6 is 0 Å². The number of hydrogen-bond acceptors (Lipinski definition) is 2. The van der Waals surface area contributed by atoms with Gasteiger partial charge in [0.15, 0.2) is 0 Å². The van der Waals surface area contributed by atoms with Crippen molar-refractivity contribution in [2.75, 3.05) is 13.1 Å². The molecule has 3 rings (SSSR count). The van der Waals surface area contributed by atoms with Crippen molar-refractivity contribution < 1.29 is 0 Å². The van der Waals surface area contributed by atoms with Crippen molar-refractivity contribution in [2.24, 2.45) is 4.99 Å². The standard InChI is InChI=1S/C19H22N2/c1-16-6-5-9-18(12-16)13-20-19-10-11-21(15-19)14-17-7-3-2-4-8-17/h2-9,12-13,19H,10-11,14-15H2,1H3. The van der Waals surface area contributed by atoms with E-state index >= 15 is 0 Å². The van der Waals surface area contributed by atoms with Crippen molar-refractivity contribution in [1.82, 2.24) is 4.90 Å². The minimum Gasteiger partial charge on any atom is -0.297 e. The van der Waals surface area contributed by atoms with Crippen molar-refractivity contribution >= 4 is 6.21 Å². The Kier molecular flexibility index (Phi) is 4.46. The highest BCUT2D eigenvalue weighted by Gasteiger charge is 2.21. The van der Waals surface area contributed by atoms with Crippen molar-refractivity contribution in [2.45, 2.75) is 25.9 Å². The summed E-state index contributed by atoms with van der Waals surface area (Å²) in [6, 6.07) is 19.6. The zero-order valence-corrected chi connectivity index (χ0v) is 12.6. The molecule has 2 aromatic rings. The van der Waals surface area contributed by atoms with Crippen LogP contribution in [0, 0.1) is 6.92 Å². The predicted molar refractivity (Wildman–Crippen MR) is 88.9 cm³/mol. The molecule has 0 radical (unpaired) electrons. The van der Waals surface area contributed by atoms with Gasteiger partial charge in [0.25, 0.3) is 0 Å². The van der Waals surface area contributed by atoms with Gasteiger partial charge in [-0.15, -0.1) is 0 Å². The van der Waals surface area contributed by atoms with Gasteiger partial charge in [0.2, 0.25) is 0 Å². The number of likely N-dealkylation sites (tertiary alicyclic amines) is 1. The Labute approximate surface area is 127 Å². The number of aliphatic imine (C=N–C) groups is 1. The fraction of sp³-hybridized carbons (Fsp3) is 0.316. The fourth-order valence-corrected chi connectivity index (χ4v) is 2.86. The molecule has 108 valence electrons. The summed E-state index contributed by atoms with van der Waals surface area (Å²) in [5.74, 6) is 0. The molecule has 0 N–H and O–H groups in total. The second kappa shape index (κ2) is 6.68. The van der Waals surface area contributed by atoms with Crippen LogP contribution in [-0.2, 0) is 6.54 Å². The SMILES string of the molecule is Cc1cccc(C=NC2CCN(Cc3ccccc3)C2)c1. The van der Waals surface area contributed by atoms with Crippen LogP contribution in [0.25, 0.3) is 0 Å². The number of aryl methyl sites for hydroxylation is 1. The highest BCUT2D eigenvalue weighted by atomic mass is 15.2. The molecule has 2 nitrogen and oxygen atoms in total. The Morgan fingerprint density at radius 2 is 2.00 bits per heavy atom. The van der Waals surface area contributed by atoms with Crippen molar-refractivity contribution in [3.8, 4) is 0 Å². The maximum atomic E-state index is 4.76. The lowest BCUT2D eigenvalue weighted by molar-refractivity contribution is 0.327. The summed E-state index contributed by atoms with van der Waals surface area (Å²) < 4.78 is 0. The second-order valence-electron chi connectivity index (χ2n) is 5.86. The van der Waals surface area contributed by atoms with Crippen LogP contribution in [0.1, 0.15) is 23.1 Å². The minimum absolute atomic E-state index is 0.439. The van der Waals surface area contributed by atoms with Gasteiger partial charge in [0.05, 0.1) is 6.04 Å². The topological polar surface area (TPSA) is 15.6 Å². The first-order valence-electron chi connectivity index (χ1n) is 7.66. The van der Waals surface area contributed by atoms with Crippen LogP contribution in [0.5, 0.6) is 0 Å². The van der Waals surface area contributed by atoms with Gasteiger partial charge >= 0.3 is 0 Å². The molecule has 1 saturated heterocycles. The first-order chi connectivity index (χ1) is 10.3. The van der Waals surface area contributed by atoms with Gasteiger partial charge < -0.3 is 0 Å². The summed E-state index contributed by atoms with van der Waals surface area (Å²) in [5, 5.41) is 0. The van der Waals surface area contributed by atoms with Crippen LogP contribution in [-0.4, -0.2) is 30.2 Å². The van der Waals surface area contributed by atoms with Crippen LogP contribution in [0.4, 0.5) is 0 Å². The van der Waals surface area contributed by atoms with Gasteiger partial charge in [0.1, 0.15) is 0 Å². The smallest absolute Gasteiger partial charge is 0.0639 e. The van der Waals surface area contributed by atoms with Gasteiger partial charge in [-0.25, -0.2) is 0 Å². The lowest BCUT2D eigenvalue weighted by Crippen LogP contribution is -2.21. The molecule has 1 atom stereocenters. The molecule has 1 aliphatic heterocycles. The lowest BCUT2D eigenvalue weighted by atomic mass is 10.1. The Hall–Kier alpha value is -1.93. The molecule has 1 heterocycles. The normalized spacial score (nSPS) is 19.4. The van der Waals surface area contributed by atoms with E-state index in [1.54, 1.807) is 0 Å². The number of nitrogens with zero attached hydrogens (tertiary/aromatic N) is 2. The van der Waals surface area contributed by atoms with Crippen LogP contribution in [0.2, 0.25) is 0 Å². The molecular formula is C19H22N2. The Morgan fingerprint density at radius 1 is 1.14 bits per heavy atom. The van der Waals surface area contributed by atoms with Crippen molar-refractivity contribution in [1.29, 1.82) is 0 Å². The maximum Gasteiger partial charge on any atom is 0.0639 e. The molecule has 1 aliphatic rings. The van der Waals surface area contributed by atoms with Gasteiger partial charge in [0, 0.05) is 25.8 Å². The van der Waals surface area contributed by atoms with E-state index < -0.39 is 0 Å². The van der Waals surface area contributed by atoms with E-state index in [2.05, 4.69) is 66.4 Å². The van der Waals surface area contributed by atoms with Gasteiger partial charge in [-0.2, -0.15) is 0 Å². The van der Waals surface area contributed by atoms with Gasteiger partial charge in [-0.3, -0.25) is 9.89 Å².